The van der Waals surface area contributed by atoms with Gasteiger partial charge in [-0.25, -0.2) is 4.18 Å². The zero-order chi connectivity index (χ0) is 11.4. The van der Waals surface area contributed by atoms with Gasteiger partial charge in [0.1, 0.15) is 0 Å². The van der Waals surface area contributed by atoms with E-state index in [1.165, 1.54) is 0 Å². The predicted molar refractivity (Wildman–Crippen MR) is 54.6 cm³/mol. The van der Waals surface area contributed by atoms with E-state index in [2.05, 4.69) is 4.18 Å². The minimum Gasteiger partial charge on any atom is -0.382 e. The maximum atomic E-state index is 9.84. The second-order valence-electron chi connectivity index (χ2n) is 2.38. The van der Waals surface area contributed by atoms with Crippen LogP contribution in [-0.4, -0.2) is 32.8 Å². The second-order valence-corrected chi connectivity index (χ2v) is 3.48. The quantitative estimate of drug-likeness (QED) is 0.552. The summed E-state index contributed by atoms with van der Waals surface area (Å²) in [6.07, 6.45) is 1.48. The second kappa shape index (κ2) is 10.9. The third kappa shape index (κ3) is 22.6. The molecule has 0 spiro atoms. The summed E-state index contributed by atoms with van der Waals surface area (Å²) in [5, 5.41) is 0. The monoisotopic (exact) mass is 228 g/mol. The molecule has 0 aliphatic carbocycles. The van der Waals surface area contributed by atoms with Crippen LogP contribution in [0.3, 0.4) is 0 Å². The van der Waals surface area contributed by atoms with Crippen LogP contribution in [0.2, 0.25) is 0 Å². The largest absolute Gasteiger partial charge is 0.397 e. The first-order valence-electron chi connectivity index (χ1n) is 4.67. The highest BCUT2D eigenvalue weighted by atomic mass is 32.3. The predicted octanol–water partition coefficient (Wildman–Crippen LogP) is 1.65. The molecule has 14 heavy (non-hydrogen) atoms. The van der Waals surface area contributed by atoms with Gasteiger partial charge >= 0.3 is 10.4 Å². The molecule has 0 aromatic heterocycles. The van der Waals surface area contributed by atoms with Crippen molar-refractivity contribution in [2.24, 2.45) is 0 Å². The zero-order valence-electron chi connectivity index (χ0n) is 9.02. The average molecular weight is 228 g/mol. The molecule has 0 bridgehead atoms. The minimum atomic E-state index is -4.20. The Morgan fingerprint density at radius 2 is 1.64 bits per heavy atom. The molecule has 1 N–H and O–H groups in total. The number of rotatable bonds is 6. The van der Waals surface area contributed by atoms with E-state index in [9.17, 15) is 8.42 Å². The van der Waals surface area contributed by atoms with E-state index in [1.54, 1.807) is 0 Å². The molecular weight excluding hydrogens is 208 g/mol. The molecule has 0 radical (unpaired) electrons. The molecule has 88 valence electrons. The van der Waals surface area contributed by atoms with Gasteiger partial charge in [-0.3, -0.25) is 4.55 Å². The molecule has 5 nitrogen and oxygen atoms in total. The summed E-state index contributed by atoms with van der Waals surface area (Å²) < 4.78 is 36.5. The van der Waals surface area contributed by atoms with Crippen LogP contribution in [0.25, 0.3) is 0 Å². The van der Waals surface area contributed by atoms with Crippen molar-refractivity contribution in [2.75, 3.05) is 19.8 Å². The molecule has 0 atom stereocenters. The molecule has 0 rings (SSSR count). The van der Waals surface area contributed by atoms with Gasteiger partial charge in [-0.2, -0.15) is 8.42 Å². The van der Waals surface area contributed by atoms with E-state index in [1.807, 2.05) is 20.8 Å². The molecule has 0 saturated carbocycles. The summed E-state index contributed by atoms with van der Waals surface area (Å²) in [7, 11) is -4.20. The third-order valence-electron chi connectivity index (χ3n) is 1.14. The van der Waals surface area contributed by atoms with Gasteiger partial charge in [0.05, 0.1) is 6.61 Å². The molecule has 0 aliphatic rings. The molecule has 0 fully saturated rings. The maximum absolute atomic E-state index is 9.84. The Morgan fingerprint density at radius 3 is 1.86 bits per heavy atom. The summed E-state index contributed by atoms with van der Waals surface area (Å²) >= 11 is 0. The molecule has 0 unspecified atom stereocenters. The molecule has 0 aliphatic heterocycles. The Morgan fingerprint density at radius 1 is 1.14 bits per heavy atom. The van der Waals surface area contributed by atoms with E-state index in [4.69, 9.17) is 9.29 Å². The number of ether oxygens (including phenoxy) is 1. The Hall–Kier alpha value is -0.170. The van der Waals surface area contributed by atoms with Crippen LogP contribution in [0.15, 0.2) is 0 Å². The van der Waals surface area contributed by atoms with Gasteiger partial charge in [0.15, 0.2) is 0 Å². The standard InChI is InChI=1S/C4H10O4S.C4H10O/c1-2-3-4-8-9(5,6)7;1-3-5-4-2/h2-4H2,1H3,(H,5,6,7);3-4H2,1-2H3. The van der Waals surface area contributed by atoms with Crippen LogP contribution in [0.4, 0.5) is 0 Å². The Balaban J connectivity index is 0. The van der Waals surface area contributed by atoms with Crippen LogP contribution in [-0.2, 0) is 19.3 Å². The maximum Gasteiger partial charge on any atom is 0.397 e. The van der Waals surface area contributed by atoms with Crippen LogP contribution >= 0.6 is 0 Å². The number of unbranched alkanes of at least 4 members (excludes halogenated alkanes) is 1. The third-order valence-corrected chi connectivity index (χ3v) is 1.60. The van der Waals surface area contributed by atoms with Crippen LogP contribution in [0, 0.1) is 0 Å². The molecule has 0 saturated heterocycles. The lowest BCUT2D eigenvalue weighted by Crippen LogP contribution is -2.04. The Labute approximate surface area is 86.4 Å². The molecule has 0 aromatic rings. The first kappa shape index (κ1) is 16.3. The van der Waals surface area contributed by atoms with Crippen molar-refractivity contribution in [3.63, 3.8) is 0 Å². The van der Waals surface area contributed by atoms with Crippen molar-refractivity contribution in [3.8, 4) is 0 Å². The summed E-state index contributed by atoms with van der Waals surface area (Å²) in [6.45, 7) is 7.63. The lowest BCUT2D eigenvalue weighted by Gasteiger charge is -1.95. The van der Waals surface area contributed by atoms with Crippen LogP contribution in [0.1, 0.15) is 33.6 Å². The van der Waals surface area contributed by atoms with Gasteiger partial charge in [0.2, 0.25) is 0 Å². The van der Waals surface area contributed by atoms with Crippen molar-refractivity contribution in [2.45, 2.75) is 33.6 Å². The van der Waals surface area contributed by atoms with Crippen LogP contribution in [0.5, 0.6) is 0 Å². The van der Waals surface area contributed by atoms with Gasteiger partial charge < -0.3 is 4.74 Å². The number of hydrogen-bond donors (Lipinski definition) is 1. The highest BCUT2D eigenvalue weighted by molar-refractivity contribution is 7.80. The van der Waals surface area contributed by atoms with Crippen molar-refractivity contribution in [1.29, 1.82) is 0 Å². The topological polar surface area (TPSA) is 72.8 Å². The summed E-state index contributed by atoms with van der Waals surface area (Å²) in [4.78, 5) is 0. The van der Waals surface area contributed by atoms with Gasteiger partial charge in [-0.05, 0) is 20.3 Å². The normalized spacial score (nSPS) is 10.6. The highest BCUT2D eigenvalue weighted by Gasteiger charge is 2.00. The minimum absolute atomic E-state index is 0.0648. The molecule has 0 aromatic carbocycles. The summed E-state index contributed by atoms with van der Waals surface area (Å²) in [6, 6.07) is 0. The molecule has 0 amide bonds. The lowest BCUT2D eigenvalue weighted by molar-refractivity contribution is 0.162. The van der Waals surface area contributed by atoms with Crippen molar-refractivity contribution >= 4 is 10.4 Å². The van der Waals surface area contributed by atoms with E-state index in [0.29, 0.717) is 6.42 Å². The Kier molecular flexibility index (Phi) is 12.7. The molecule has 6 heteroatoms. The Bertz CT molecular complexity index is 186. The number of hydrogen-bond acceptors (Lipinski definition) is 4. The van der Waals surface area contributed by atoms with E-state index < -0.39 is 10.4 Å². The van der Waals surface area contributed by atoms with E-state index in [0.717, 1.165) is 19.6 Å². The van der Waals surface area contributed by atoms with Crippen molar-refractivity contribution in [1.82, 2.24) is 0 Å². The van der Waals surface area contributed by atoms with Gasteiger partial charge in [0.25, 0.3) is 0 Å². The van der Waals surface area contributed by atoms with Gasteiger partial charge in [0, 0.05) is 13.2 Å². The van der Waals surface area contributed by atoms with Crippen molar-refractivity contribution in [3.05, 3.63) is 0 Å². The van der Waals surface area contributed by atoms with Gasteiger partial charge in [-0.15, -0.1) is 0 Å². The SMILES string of the molecule is CCCCOS(=O)(=O)O.CCOCC. The van der Waals surface area contributed by atoms with Gasteiger partial charge in [-0.1, -0.05) is 13.3 Å². The van der Waals surface area contributed by atoms with E-state index in [-0.39, 0.29) is 6.61 Å². The van der Waals surface area contributed by atoms with Crippen molar-refractivity contribution < 1.29 is 21.9 Å². The smallest absolute Gasteiger partial charge is 0.382 e. The zero-order valence-corrected chi connectivity index (χ0v) is 9.84. The van der Waals surface area contributed by atoms with E-state index >= 15 is 0 Å². The fraction of sp³-hybridized carbons (Fsp3) is 1.00. The van der Waals surface area contributed by atoms with Crippen LogP contribution < -0.4 is 0 Å². The fourth-order valence-corrected chi connectivity index (χ4v) is 0.841. The molecule has 0 heterocycles. The first-order chi connectivity index (χ1) is 6.47. The fourth-order valence-electron chi connectivity index (χ4n) is 0.513. The lowest BCUT2D eigenvalue weighted by atomic mass is 10.4. The average Bonchev–Trinajstić information content (AvgIpc) is 2.05. The summed E-state index contributed by atoms with van der Waals surface area (Å²) in [5.74, 6) is 0. The first-order valence-corrected chi connectivity index (χ1v) is 6.04. The summed E-state index contributed by atoms with van der Waals surface area (Å²) in [5.41, 5.74) is 0. The highest BCUT2D eigenvalue weighted by Crippen LogP contribution is 1.91. The molecular formula is C8H20O5S.